The summed E-state index contributed by atoms with van der Waals surface area (Å²) < 4.78 is 4.89. The summed E-state index contributed by atoms with van der Waals surface area (Å²) in [6, 6.07) is 75.9. The summed E-state index contributed by atoms with van der Waals surface area (Å²) in [7, 11) is 0. The summed E-state index contributed by atoms with van der Waals surface area (Å²) in [5.74, 6) is 0. The maximum Gasteiger partial charge on any atom is 0.0553 e. The van der Waals surface area contributed by atoms with Crippen molar-refractivity contribution in [3.8, 4) is 55.9 Å². The van der Waals surface area contributed by atoms with Crippen molar-refractivity contribution in [2.45, 2.75) is 6.42 Å². The standard InChI is InChI=1S/C55H36N2/c1-4-14-36(15-5-1)41-34-48(37-16-6-2-7-17-37)55-50-33-39(25-29-53(50)56(54(55)35-41)43-19-8-3-9-20-43)38-24-28-52-49(32-38)47-22-12-13-23-51(47)57(52)44-26-27-46-42(31-44)30-40-18-10-11-21-45(40)46/h1-29,31-35H,30H2. The molecule has 2 aromatic heterocycles. The first-order valence-electron chi connectivity index (χ1n) is 19.8. The molecule has 0 N–H and O–H groups in total. The van der Waals surface area contributed by atoms with Crippen molar-refractivity contribution in [3.05, 3.63) is 217 Å². The van der Waals surface area contributed by atoms with Crippen molar-refractivity contribution in [1.82, 2.24) is 9.13 Å². The molecule has 12 rings (SSSR count). The van der Waals surface area contributed by atoms with E-state index in [4.69, 9.17) is 0 Å². The third-order valence-corrected chi connectivity index (χ3v) is 12.1. The van der Waals surface area contributed by atoms with Crippen LogP contribution in [0.3, 0.4) is 0 Å². The number of fused-ring (bicyclic) bond motifs is 9. The molecule has 0 spiro atoms. The third kappa shape index (κ3) is 4.97. The maximum atomic E-state index is 2.45. The largest absolute Gasteiger partial charge is 0.309 e. The fourth-order valence-corrected chi connectivity index (χ4v) is 9.53. The van der Waals surface area contributed by atoms with Gasteiger partial charge in [0.1, 0.15) is 0 Å². The molecule has 266 valence electrons. The quantitative estimate of drug-likeness (QED) is 0.167. The van der Waals surface area contributed by atoms with Crippen molar-refractivity contribution >= 4 is 43.6 Å². The molecule has 0 atom stereocenters. The van der Waals surface area contributed by atoms with Crippen LogP contribution in [0.4, 0.5) is 0 Å². The molecule has 0 bridgehead atoms. The topological polar surface area (TPSA) is 9.86 Å². The van der Waals surface area contributed by atoms with E-state index in [9.17, 15) is 0 Å². The fourth-order valence-electron chi connectivity index (χ4n) is 9.53. The van der Waals surface area contributed by atoms with Gasteiger partial charge in [-0.2, -0.15) is 0 Å². The van der Waals surface area contributed by atoms with E-state index in [1.807, 2.05) is 0 Å². The Bertz CT molecular complexity index is 3350. The zero-order valence-electron chi connectivity index (χ0n) is 31.2. The normalized spacial score (nSPS) is 12.1. The minimum atomic E-state index is 0.976. The molecule has 0 aliphatic heterocycles. The number of hydrogen-bond acceptors (Lipinski definition) is 0. The van der Waals surface area contributed by atoms with Gasteiger partial charge in [-0.05, 0) is 129 Å². The monoisotopic (exact) mass is 724 g/mol. The fraction of sp³-hybridized carbons (Fsp3) is 0.0182. The van der Waals surface area contributed by atoms with Crippen LogP contribution in [0.15, 0.2) is 206 Å². The lowest BCUT2D eigenvalue weighted by Gasteiger charge is -2.12. The van der Waals surface area contributed by atoms with Crippen LogP contribution in [0.25, 0.3) is 99.5 Å². The van der Waals surface area contributed by atoms with Crippen LogP contribution < -0.4 is 0 Å². The molecule has 0 amide bonds. The molecule has 0 unspecified atom stereocenters. The molecule has 0 saturated carbocycles. The van der Waals surface area contributed by atoms with Crippen molar-refractivity contribution < 1.29 is 0 Å². The Kier molecular flexibility index (Phi) is 7.02. The van der Waals surface area contributed by atoms with E-state index in [0.29, 0.717) is 0 Å². The molecular formula is C55H36N2. The van der Waals surface area contributed by atoms with Gasteiger partial charge < -0.3 is 9.13 Å². The lowest BCUT2D eigenvalue weighted by Crippen LogP contribution is -1.95. The van der Waals surface area contributed by atoms with E-state index in [-0.39, 0.29) is 0 Å². The lowest BCUT2D eigenvalue weighted by atomic mass is 9.93. The Morgan fingerprint density at radius 1 is 0.281 bits per heavy atom. The van der Waals surface area contributed by atoms with E-state index in [1.54, 1.807) is 0 Å². The molecule has 1 aliphatic rings. The molecule has 2 heterocycles. The lowest BCUT2D eigenvalue weighted by molar-refractivity contribution is 1.16. The van der Waals surface area contributed by atoms with E-state index in [1.165, 1.54) is 105 Å². The predicted octanol–water partition coefficient (Wildman–Crippen LogP) is 14.5. The summed E-state index contributed by atoms with van der Waals surface area (Å²) in [5, 5.41) is 5.03. The van der Waals surface area contributed by atoms with Crippen LogP contribution in [0, 0.1) is 0 Å². The van der Waals surface area contributed by atoms with E-state index in [0.717, 1.165) is 12.1 Å². The zero-order chi connectivity index (χ0) is 37.5. The van der Waals surface area contributed by atoms with E-state index < -0.39 is 0 Å². The smallest absolute Gasteiger partial charge is 0.0553 e. The SMILES string of the molecule is c1ccc(-c2cc(-c3ccccc3)c3c4cc(-c5ccc6c(c5)c5ccccc5n6-c5ccc6c(c5)Cc5ccccc5-6)ccc4n(-c4ccccc4)c3c2)cc1. The second kappa shape index (κ2) is 12.6. The summed E-state index contributed by atoms with van der Waals surface area (Å²) in [6.07, 6.45) is 0.976. The van der Waals surface area contributed by atoms with Gasteiger partial charge in [0.05, 0.1) is 22.1 Å². The highest BCUT2D eigenvalue weighted by Gasteiger charge is 2.22. The van der Waals surface area contributed by atoms with Crippen LogP contribution in [-0.4, -0.2) is 9.13 Å². The Hall–Kier alpha value is -7.42. The first kappa shape index (κ1) is 31.9. The van der Waals surface area contributed by atoms with Gasteiger partial charge in [0.2, 0.25) is 0 Å². The highest BCUT2D eigenvalue weighted by Crippen LogP contribution is 2.44. The van der Waals surface area contributed by atoms with Gasteiger partial charge in [-0.3, -0.25) is 0 Å². The highest BCUT2D eigenvalue weighted by molar-refractivity contribution is 6.18. The van der Waals surface area contributed by atoms with Crippen LogP contribution in [0.5, 0.6) is 0 Å². The number of para-hydroxylation sites is 2. The minimum absolute atomic E-state index is 0.976. The minimum Gasteiger partial charge on any atom is -0.309 e. The van der Waals surface area contributed by atoms with Gasteiger partial charge >= 0.3 is 0 Å². The van der Waals surface area contributed by atoms with Gasteiger partial charge in [0.25, 0.3) is 0 Å². The van der Waals surface area contributed by atoms with Gasteiger partial charge in [-0.15, -0.1) is 0 Å². The number of nitrogens with zero attached hydrogens (tertiary/aromatic N) is 2. The van der Waals surface area contributed by atoms with Crippen LogP contribution in [-0.2, 0) is 6.42 Å². The molecule has 11 aromatic rings. The molecule has 0 saturated heterocycles. The Morgan fingerprint density at radius 3 is 1.67 bits per heavy atom. The van der Waals surface area contributed by atoms with Gasteiger partial charge in [0.15, 0.2) is 0 Å². The first-order chi connectivity index (χ1) is 28.3. The van der Waals surface area contributed by atoms with Crippen LogP contribution in [0.1, 0.15) is 11.1 Å². The summed E-state index contributed by atoms with van der Waals surface area (Å²) in [6.45, 7) is 0. The molecule has 0 fully saturated rings. The van der Waals surface area contributed by atoms with E-state index >= 15 is 0 Å². The second-order valence-corrected chi connectivity index (χ2v) is 15.3. The predicted molar refractivity (Wildman–Crippen MR) is 240 cm³/mol. The summed E-state index contributed by atoms with van der Waals surface area (Å²) in [5.41, 5.74) is 20.0. The summed E-state index contributed by atoms with van der Waals surface area (Å²) in [4.78, 5) is 0. The Morgan fingerprint density at radius 2 is 0.877 bits per heavy atom. The summed E-state index contributed by atoms with van der Waals surface area (Å²) >= 11 is 0. The molecule has 9 aromatic carbocycles. The Balaban J connectivity index is 1.07. The molecule has 1 aliphatic carbocycles. The second-order valence-electron chi connectivity index (χ2n) is 15.3. The number of benzene rings is 9. The van der Waals surface area contributed by atoms with Crippen LogP contribution in [0.2, 0.25) is 0 Å². The third-order valence-electron chi connectivity index (χ3n) is 12.1. The van der Waals surface area contributed by atoms with Gasteiger partial charge in [-0.25, -0.2) is 0 Å². The number of rotatable bonds is 5. The van der Waals surface area contributed by atoms with Crippen molar-refractivity contribution in [1.29, 1.82) is 0 Å². The van der Waals surface area contributed by atoms with Crippen molar-refractivity contribution in [3.63, 3.8) is 0 Å². The average molecular weight is 725 g/mol. The van der Waals surface area contributed by atoms with E-state index in [2.05, 4.69) is 215 Å². The number of hydrogen-bond donors (Lipinski definition) is 0. The zero-order valence-corrected chi connectivity index (χ0v) is 31.2. The molecule has 57 heavy (non-hydrogen) atoms. The molecular weight excluding hydrogens is 689 g/mol. The maximum absolute atomic E-state index is 2.45. The van der Waals surface area contributed by atoms with Crippen molar-refractivity contribution in [2.75, 3.05) is 0 Å². The molecule has 0 radical (unpaired) electrons. The first-order valence-corrected chi connectivity index (χ1v) is 19.8. The number of aromatic nitrogens is 2. The average Bonchev–Trinajstić information content (AvgIpc) is 3.93. The van der Waals surface area contributed by atoms with Gasteiger partial charge in [-0.1, -0.05) is 140 Å². The Labute approximate surface area is 331 Å². The van der Waals surface area contributed by atoms with Crippen molar-refractivity contribution in [2.24, 2.45) is 0 Å². The van der Waals surface area contributed by atoms with Crippen LogP contribution >= 0.6 is 0 Å². The van der Waals surface area contributed by atoms with Gasteiger partial charge in [0, 0.05) is 32.9 Å². The highest BCUT2D eigenvalue weighted by atomic mass is 15.0. The molecule has 2 nitrogen and oxygen atoms in total. The molecule has 2 heteroatoms.